The van der Waals surface area contributed by atoms with E-state index in [1.54, 1.807) is 0 Å². The quantitative estimate of drug-likeness (QED) is 0.525. The monoisotopic (exact) mass is 414 g/mol. The number of ether oxygens (including phenoxy) is 1. The molecular formula is C18H21F3N4O4. The molecule has 2 N–H and O–H groups in total. The summed E-state index contributed by atoms with van der Waals surface area (Å²) in [5.74, 6) is -1.30. The molecule has 1 aliphatic heterocycles. The Balaban J connectivity index is 1.49. The first-order valence-electron chi connectivity index (χ1n) is 9.29. The van der Waals surface area contributed by atoms with Gasteiger partial charge in [-0.25, -0.2) is 9.78 Å². The molecular weight excluding hydrogens is 393 g/mol. The standard InChI is InChI=1S/C18H21F3N4O4/c19-18(20,21)11-29-14-12(5-3-8-23-14)13(26)22-9-4-10-25-15(27)17(24-16(25)28)6-1-2-7-17/h3,5,8H,1-2,4,6-7,9-11H2,(H,22,26)(H,24,28). The van der Waals surface area contributed by atoms with Gasteiger partial charge >= 0.3 is 12.2 Å². The maximum atomic E-state index is 12.5. The van der Waals surface area contributed by atoms with E-state index < -0.39 is 36.1 Å². The van der Waals surface area contributed by atoms with Gasteiger partial charge in [0.15, 0.2) is 6.61 Å². The van der Waals surface area contributed by atoms with E-state index in [0.717, 1.165) is 17.7 Å². The number of imide groups is 1. The van der Waals surface area contributed by atoms with Crippen LogP contribution < -0.4 is 15.4 Å². The van der Waals surface area contributed by atoms with Crippen LogP contribution in [0, 0.1) is 0 Å². The van der Waals surface area contributed by atoms with Crippen LogP contribution in [0.2, 0.25) is 0 Å². The molecule has 11 heteroatoms. The number of nitrogens with one attached hydrogen (secondary N) is 2. The van der Waals surface area contributed by atoms with Gasteiger partial charge in [0.05, 0.1) is 0 Å². The van der Waals surface area contributed by atoms with E-state index in [4.69, 9.17) is 0 Å². The second kappa shape index (κ2) is 8.26. The maximum absolute atomic E-state index is 12.5. The highest BCUT2D eigenvalue weighted by molar-refractivity contribution is 6.07. The highest BCUT2D eigenvalue weighted by Crippen LogP contribution is 2.35. The summed E-state index contributed by atoms with van der Waals surface area (Å²) in [5.41, 5.74) is -0.905. The SMILES string of the molecule is O=C(NCCCN1C(=O)NC2(CCCC2)C1=O)c1cccnc1OCC(F)(F)F. The summed E-state index contributed by atoms with van der Waals surface area (Å²) in [5, 5.41) is 5.31. The number of nitrogens with zero attached hydrogens (tertiary/aromatic N) is 2. The molecule has 29 heavy (non-hydrogen) atoms. The highest BCUT2D eigenvalue weighted by Gasteiger charge is 2.51. The van der Waals surface area contributed by atoms with E-state index in [1.807, 2.05) is 0 Å². The smallest absolute Gasteiger partial charge is 0.422 e. The van der Waals surface area contributed by atoms with Crippen molar-refractivity contribution in [2.75, 3.05) is 19.7 Å². The molecule has 1 aromatic heterocycles. The van der Waals surface area contributed by atoms with Crippen LogP contribution in [0.5, 0.6) is 5.88 Å². The molecule has 1 saturated heterocycles. The van der Waals surface area contributed by atoms with Gasteiger partial charge in [0.25, 0.3) is 11.8 Å². The van der Waals surface area contributed by atoms with Gasteiger partial charge in [-0.3, -0.25) is 14.5 Å². The molecule has 0 unspecified atom stereocenters. The van der Waals surface area contributed by atoms with Gasteiger partial charge in [-0.05, 0) is 31.4 Å². The number of alkyl halides is 3. The number of aromatic nitrogens is 1. The van der Waals surface area contributed by atoms with Gasteiger partial charge in [-0.2, -0.15) is 13.2 Å². The minimum atomic E-state index is -4.55. The van der Waals surface area contributed by atoms with Crippen LogP contribution in [-0.2, 0) is 4.79 Å². The Hall–Kier alpha value is -2.85. The van der Waals surface area contributed by atoms with Crippen molar-refractivity contribution in [1.29, 1.82) is 0 Å². The molecule has 2 aliphatic rings. The maximum Gasteiger partial charge on any atom is 0.422 e. The van der Waals surface area contributed by atoms with Crippen molar-refractivity contribution in [3.05, 3.63) is 23.9 Å². The molecule has 8 nitrogen and oxygen atoms in total. The summed E-state index contributed by atoms with van der Waals surface area (Å²) in [7, 11) is 0. The third kappa shape index (κ3) is 4.77. The number of carbonyl (C=O) groups excluding carboxylic acids is 3. The predicted molar refractivity (Wildman–Crippen MR) is 94.2 cm³/mol. The largest absolute Gasteiger partial charge is 0.467 e. The van der Waals surface area contributed by atoms with Crippen LogP contribution >= 0.6 is 0 Å². The van der Waals surface area contributed by atoms with E-state index in [1.165, 1.54) is 18.3 Å². The first kappa shape index (κ1) is 20.9. The third-order valence-electron chi connectivity index (χ3n) is 4.94. The molecule has 3 rings (SSSR count). The molecule has 158 valence electrons. The Labute approximate surface area is 164 Å². The van der Waals surface area contributed by atoms with Crippen molar-refractivity contribution >= 4 is 17.8 Å². The fourth-order valence-electron chi connectivity index (χ4n) is 3.56. The van der Waals surface area contributed by atoms with Crippen LogP contribution in [0.15, 0.2) is 18.3 Å². The zero-order valence-electron chi connectivity index (χ0n) is 15.6. The van der Waals surface area contributed by atoms with Gasteiger partial charge in [0, 0.05) is 19.3 Å². The van der Waals surface area contributed by atoms with Gasteiger partial charge in [-0.1, -0.05) is 12.8 Å². The molecule has 1 saturated carbocycles. The molecule has 0 atom stereocenters. The van der Waals surface area contributed by atoms with E-state index in [0.29, 0.717) is 19.3 Å². The summed E-state index contributed by atoms with van der Waals surface area (Å²) in [6.07, 6.45) is 0.0162. The van der Waals surface area contributed by atoms with Crippen molar-refractivity contribution in [3.8, 4) is 5.88 Å². The summed E-state index contributed by atoms with van der Waals surface area (Å²) in [6.45, 7) is -1.30. The number of hydrogen-bond donors (Lipinski definition) is 2. The zero-order valence-corrected chi connectivity index (χ0v) is 15.6. The van der Waals surface area contributed by atoms with Crippen LogP contribution in [0.25, 0.3) is 0 Å². The van der Waals surface area contributed by atoms with Gasteiger partial charge < -0.3 is 15.4 Å². The number of urea groups is 1. The second-order valence-corrected chi connectivity index (χ2v) is 7.05. The first-order chi connectivity index (χ1) is 13.7. The average molecular weight is 414 g/mol. The molecule has 0 radical (unpaired) electrons. The fraction of sp³-hybridized carbons (Fsp3) is 0.556. The Kier molecular flexibility index (Phi) is 5.94. The minimum absolute atomic E-state index is 0.122. The highest BCUT2D eigenvalue weighted by atomic mass is 19.4. The number of halogens is 3. The summed E-state index contributed by atoms with van der Waals surface area (Å²) < 4.78 is 41.6. The molecule has 2 fully saturated rings. The van der Waals surface area contributed by atoms with Crippen LogP contribution in [0.4, 0.5) is 18.0 Å². The molecule has 1 aliphatic carbocycles. The lowest BCUT2D eigenvalue weighted by atomic mass is 9.98. The summed E-state index contributed by atoms with van der Waals surface area (Å²) in [6, 6.07) is 2.28. The van der Waals surface area contributed by atoms with E-state index >= 15 is 0 Å². The van der Waals surface area contributed by atoms with Gasteiger partial charge in [0.1, 0.15) is 11.1 Å². The van der Waals surface area contributed by atoms with E-state index in [-0.39, 0.29) is 24.6 Å². The number of carbonyl (C=O) groups is 3. The van der Waals surface area contributed by atoms with Crippen LogP contribution in [-0.4, -0.2) is 59.1 Å². The fourth-order valence-corrected chi connectivity index (χ4v) is 3.56. The average Bonchev–Trinajstić information content (AvgIpc) is 3.23. The van der Waals surface area contributed by atoms with Crippen molar-refractivity contribution < 1.29 is 32.3 Å². The first-order valence-corrected chi connectivity index (χ1v) is 9.29. The Morgan fingerprint density at radius 2 is 2.03 bits per heavy atom. The van der Waals surface area contributed by atoms with Gasteiger partial charge in [0.2, 0.25) is 5.88 Å². The molecule has 1 spiro atoms. The lowest BCUT2D eigenvalue weighted by Gasteiger charge is -2.20. The van der Waals surface area contributed by atoms with E-state index in [9.17, 15) is 27.6 Å². The van der Waals surface area contributed by atoms with Crippen LogP contribution in [0.1, 0.15) is 42.5 Å². The topological polar surface area (TPSA) is 101 Å². The normalized spacial score (nSPS) is 18.2. The molecule has 0 aromatic carbocycles. The Bertz CT molecular complexity index is 794. The van der Waals surface area contributed by atoms with Crippen molar-refractivity contribution in [3.63, 3.8) is 0 Å². The minimum Gasteiger partial charge on any atom is -0.467 e. The number of amides is 4. The zero-order chi connectivity index (χ0) is 21.1. The van der Waals surface area contributed by atoms with Crippen LogP contribution in [0.3, 0.4) is 0 Å². The predicted octanol–water partition coefficient (Wildman–Crippen LogP) is 2.01. The molecule has 1 aromatic rings. The summed E-state index contributed by atoms with van der Waals surface area (Å²) in [4.78, 5) is 41.7. The molecule has 2 heterocycles. The lowest BCUT2D eigenvalue weighted by molar-refractivity contribution is -0.154. The van der Waals surface area contributed by atoms with Gasteiger partial charge in [-0.15, -0.1) is 0 Å². The number of pyridine rings is 1. The lowest BCUT2D eigenvalue weighted by Crippen LogP contribution is -2.44. The number of hydrogen-bond acceptors (Lipinski definition) is 5. The molecule has 4 amide bonds. The van der Waals surface area contributed by atoms with Crippen molar-refractivity contribution in [2.24, 2.45) is 0 Å². The van der Waals surface area contributed by atoms with E-state index in [2.05, 4.69) is 20.4 Å². The van der Waals surface area contributed by atoms with Crippen molar-refractivity contribution in [2.45, 2.75) is 43.8 Å². The summed E-state index contributed by atoms with van der Waals surface area (Å²) >= 11 is 0. The Morgan fingerprint density at radius 1 is 1.31 bits per heavy atom. The third-order valence-corrected chi connectivity index (χ3v) is 4.94. The van der Waals surface area contributed by atoms with Crippen molar-refractivity contribution in [1.82, 2.24) is 20.5 Å². The Morgan fingerprint density at radius 3 is 2.72 bits per heavy atom. The number of rotatable bonds is 7. The second-order valence-electron chi connectivity index (χ2n) is 7.05. The molecule has 0 bridgehead atoms.